The summed E-state index contributed by atoms with van der Waals surface area (Å²) >= 11 is 0. The average molecular weight is 467 g/mol. The number of morpholine rings is 1. The number of methoxy groups -OCH3 is 1. The molecule has 10 heteroatoms. The number of nitrogens with zero attached hydrogens (tertiary/aromatic N) is 1. The first-order chi connectivity index (χ1) is 15.4. The molecular weight excluding hydrogens is 436 g/mol. The Kier molecular flexibility index (Phi) is 7.02. The van der Waals surface area contributed by atoms with Gasteiger partial charge in [0.05, 0.1) is 30.9 Å². The zero-order valence-electron chi connectivity index (χ0n) is 18.2. The highest BCUT2D eigenvalue weighted by Gasteiger charge is 2.40. The highest BCUT2D eigenvalue weighted by atomic mass is 32.2. The second-order valence-corrected chi connectivity index (χ2v) is 10.7. The second-order valence-electron chi connectivity index (χ2n) is 8.73. The third kappa shape index (κ3) is 5.07. The smallest absolute Gasteiger partial charge is 0.306 e. The van der Waals surface area contributed by atoms with Crippen LogP contribution in [0.1, 0.15) is 32.1 Å². The van der Waals surface area contributed by atoms with Crippen molar-refractivity contribution in [2.24, 2.45) is 17.8 Å². The number of rotatable bonds is 8. The van der Waals surface area contributed by atoms with Crippen LogP contribution in [0.25, 0.3) is 0 Å². The largest absolute Gasteiger partial charge is 0.495 e. The molecule has 1 aromatic rings. The van der Waals surface area contributed by atoms with Crippen LogP contribution in [0.3, 0.4) is 0 Å². The van der Waals surface area contributed by atoms with E-state index in [4.69, 9.17) is 14.2 Å². The zero-order valence-corrected chi connectivity index (χ0v) is 19.1. The van der Waals surface area contributed by atoms with Gasteiger partial charge in [0.1, 0.15) is 5.75 Å². The average Bonchev–Trinajstić information content (AvgIpc) is 3.41. The first kappa shape index (κ1) is 23.0. The lowest BCUT2D eigenvalue weighted by atomic mass is 9.86. The monoisotopic (exact) mass is 466 g/mol. The van der Waals surface area contributed by atoms with Crippen LogP contribution in [0.2, 0.25) is 0 Å². The molecule has 4 rings (SSSR count). The van der Waals surface area contributed by atoms with Gasteiger partial charge in [-0.25, -0.2) is 8.42 Å². The summed E-state index contributed by atoms with van der Waals surface area (Å²) in [5, 5.41) is 2.60. The van der Waals surface area contributed by atoms with Gasteiger partial charge in [-0.15, -0.1) is 0 Å². The summed E-state index contributed by atoms with van der Waals surface area (Å²) in [5.74, 6) is 1.12. The Balaban J connectivity index is 1.35. The number of hydrogen-bond donors (Lipinski definition) is 1. The summed E-state index contributed by atoms with van der Waals surface area (Å²) in [7, 11) is -2.30. The van der Waals surface area contributed by atoms with Crippen LogP contribution >= 0.6 is 0 Å². The molecule has 1 aromatic carbocycles. The van der Waals surface area contributed by atoms with Crippen LogP contribution in [0.4, 0.5) is 5.69 Å². The van der Waals surface area contributed by atoms with Crippen molar-refractivity contribution in [2.75, 3.05) is 45.3 Å². The highest BCUT2D eigenvalue weighted by molar-refractivity contribution is 7.89. The minimum absolute atomic E-state index is 0.0452. The molecule has 0 unspecified atom stereocenters. The zero-order chi connectivity index (χ0) is 22.7. The maximum atomic E-state index is 12.9. The molecule has 3 fully saturated rings. The van der Waals surface area contributed by atoms with E-state index in [1.165, 1.54) is 48.9 Å². The molecule has 2 aliphatic carbocycles. The molecule has 1 aliphatic heterocycles. The van der Waals surface area contributed by atoms with Crippen LogP contribution in [-0.4, -0.2) is 64.6 Å². The lowest BCUT2D eigenvalue weighted by molar-refractivity contribution is -0.148. The third-order valence-corrected chi connectivity index (χ3v) is 8.63. The van der Waals surface area contributed by atoms with E-state index < -0.39 is 22.5 Å². The van der Waals surface area contributed by atoms with Gasteiger partial charge >= 0.3 is 5.97 Å². The standard InChI is InChI=1S/C22H30N2O7S/c1-29-20-5-4-18(32(27,28)24-6-8-30-9-7-24)13-19(20)23-21(25)14-31-22(26)12-17-11-15-2-3-16(17)10-15/h4-5,13,15-17H,2-3,6-12,14H2,1H3,(H,23,25)/t15-,16-,17+/m0/s1. The fraction of sp³-hybridized carbons (Fsp3) is 0.636. The van der Waals surface area contributed by atoms with Gasteiger partial charge in [0.2, 0.25) is 10.0 Å². The van der Waals surface area contributed by atoms with E-state index in [0.29, 0.717) is 37.2 Å². The van der Waals surface area contributed by atoms with Crippen LogP contribution in [0.5, 0.6) is 5.75 Å². The summed E-state index contributed by atoms with van der Waals surface area (Å²) < 4.78 is 42.8. The lowest BCUT2D eigenvalue weighted by Gasteiger charge is -2.26. The van der Waals surface area contributed by atoms with E-state index in [2.05, 4.69) is 5.32 Å². The number of fused-ring (bicyclic) bond motifs is 2. The van der Waals surface area contributed by atoms with Crippen molar-refractivity contribution in [3.8, 4) is 5.75 Å². The third-order valence-electron chi connectivity index (χ3n) is 6.73. The summed E-state index contributed by atoms with van der Waals surface area (Å²) in [5.41, 5.74) is 0.205. The van der Waals surface area contributed by atoms with Crippen LogP contribution < -0.4 is 10.1 Å². The molecule has 1 saturated heterocycles. The summed E-state index contributed by atoms with van der Waals surface area (Å²) in [6.07, 6.45) is 5.09. The van der Waals surface area contributed by atoms with Crippen molar-refractivity contribution >= 4 is 27.6 Å². The Labute approximate surface area is 188 Å². The summed E-state index contributed by atoms with van der Waals surface area (Å²) in [6.45, 7) is 0.797. The number of anilines is 1. The number of benzene rings is 1. The Hall–Kier alpha value is -2.17. The minimum Gasteiger partial charge on any atom is -0.495 e. The van der Waals surface area contributed by atoms with Crippen molar-refractivity contribution in [1.29, 1.82) is 0 Å². The summed E-state index contributed by atoms with van der Waals surface area (Å²) in [6, 6.07) is 4.29. The quantitative estimate of drug-likeness (QED) is 0.584. The molecular formula is C22H30N2O7S. The molecule has 0 aromatic heterocycles. The topological polar surface area (TPSA) is 111 Å². The number of hydrogen-bond acceptors (Lipinski definition) is 7. The van der Waals surface area contributed by atoms with Gasteiger partial charge in [0.15, 0.2) is 6.61 Å². The van der Waals surface area contributed by atoms with E-state index in [1.807, 2.05) is 0 Å². The fourth-order valence-corrected chi connectivity index (χ4v) is 6.55. The Morgan fingerprint density at radius 3 is 2.62 bits per heavy atom. The molecule has 1 amide bonds. The highest BCUT2D eigenvalue weighted by Crippen LogP contribution is 2.49. The van der Waals surface area contributed by atoms with E-state index >= 15 is 0 Å². The molecule has 9 nitrogen and oxygen atoms in total. The molecule has 2 bridgehead atoms. The van der Waals surface area contributed by atoms with Gasteiger partial charge in [-0.1, -0.05) is 6.42 Å². The SMILES string of the molecule is COc1ccc(S(=O)(=O)N2CCOCC2)cc1NC(=O)COC(=O)C[C@H]1C[C@H]2CC[C@H]1C2. The molecule has 2 saturated carbocycles. The van der Waals surface area contributed by atoms with Gasteiger partial charge in [-0.3, -0.25) is 9.59 Å². The molecule has 32 heavy (non-hydrogen) atoms. The molecule has 3 atom stereocenters. The number of ether oxygens (including phenoxy) is 3. The number of carbonyl (C=O) groups excluding carboxylic acids is 2. The Morgan fingerprint density at radius 1 is 1.19 bits per heavy atom. The molecule has 0 spiro atoms. The van der Waals surface area contributed by atoms with Crippen LogP contribution in [0, 0.1) is 17.8 Å². The fourth-order valence-electron chi connectivity index (χ4n) is 5.11. The second kappa shape index (κ2) is 9.76. The number of sulfonamides is 1. The van der Waals surface area contributed by atoms with Crippen LogP contribution in [0.15, 0.2) is 23.1 Å². The molecule has 176 valence electrons. The van der Waals surface area contributed by atoms with E-state index in [1.54, 1.807) is 0 Å². The molecule has 1 heterocycles. The Morgan fingerprint density at radius 2 is 1.97 bits per heavy atom. The van der Waals surface area contributed by atoms with E-state index in [-0.39, 0.29) is 29.6 Å². The van der Waals surface area contributed by atoms with Crippen molar-refractivity contribution < 1.29 is 32.2 Å². The number of nitrogens with one attached hydrogen (secondary N) is 1. The van der Waals surface area contributed by atoms with Gasteiger partial charge < -0.3 is 19.5 Å². The normalized spacial score (nSPS) is 25.5. The Bertz CT molecular complexity index is 959. The number of esters is 1. The lowest BCUT2D eigenvalue weighted by Crippen LogP contribution is -2.40. The van der Waals surface area contributed by atoms with Gasteiger partial charge in [0, 0.05) is 19.5 Å². The predicted molar refractivity (Wildman–Crippen MR) is 116 cm³/mol. The van der Waals surface area contributed by atoms with E-state index in [0.717, 1.165) is 12.3 Å². The minimum atomic E-state index is -3.73. The first-order valence-corrected chi connectivity index (χ1v) is 12.5. The maximum Gasteiger partial charge on any atom is 0.306 e. The number of carbonyl (C=O) groups is 2. The van der Waals surface area contributed by atoms with Crippen molar-refractivity contribution in [1.82, 2.24) is 4.31 Å². The van der Waals surface area contributed by atoms with Crippen molar-refractivity contribution in [2.45, 2.75) is 37.0 Å². The maximum absolute atomic E-state index is 12.9. The van der Waals surface area contributed by atoms with Gasteiger partial charge in [-0.2, -0.15) is 4.31 Å². The first-order valence-electron chi connectivity index (χ1n) is 11.1. The number of amides is 1. The van der Waals surface area contributed by atoms with Crippen molar-refractivity contribution in [3.05, 3.63) is 18.2 Å². The molecule has 1 N–H and O–H groups in total. The van der Waals surface area contributed by atoms with Gasteiger partial charge in [-0.05, 0) is 55.2 Å². The predicted octanol–water partition coefficient (Wildman–Crippen LogP) is 2.02. The van der Waals surface area contributed by atoms with Gasteiger partial charge in [0.25, 0.3) is 5.91 Å². The summed E-state index contributed by atoms with van der Waals surface area (Å²) in [4.78, 5) is 24.6. The van der Waals surface area contributed by atoms with E-state index in [9.17, 15) is 18.0 Å². The van der Waals surface area contributed by atoms with Crippen LogP contribution in [-0.2, 0) is 29.1 Å². The molecule has 0 radical (unpaired) electrons. The molecule has 3 aliphatic rings. The van der Waals surface area contributed by atoms with Crippen molar-refractivity contribution in [3.63, 3.8) is 0 Å².